The number of rotatable bonds is 0. The Morgan fingerprint density at radius 1 is 1.12 bits per heavy atom. The van der Waals surface area contributed by atoms with Gasteiger partial charge in [-0.15, -0.1) is 0 Å². The first-order chi connectivity index (χ1) is 7.83. The highest BCUT2D eigenvalue weighted by Crippen LogP contribution is 2.67. The number of hydrogen-bond acceptors (Lipinski definition) is 5. The zero-order valence-corrected chi connectivity index (χ0v) is 10.7. The predicted molar refractivity (Wildman–Crippen MR) is 58.1 cm³/mol. The molecule has 0 aromatic rings. The molecule has 3 atom stereocenters. The molecule has 0 aromatic carbocycles. The molecular weight excluding hydrogens is 250 g/mol. The predicted octanol–water partition coefficient (Wildman–Crippen LogP) is 2.12. The van der Waals surface area contributed by atoms with Crippen LogP contribution in [0.3, 0.4) is 0 Å². The second-order valence-electron chi connectivity index (χ2n) is 5.02. The Bertz CT molecular complexity index is 303. The molecule has 3 unspecified atom stereocenters. The Balaban J connectivity index is 1.68. The van der Waals surface area contributed by atoms with Crippen molar-refractivity contribution in [3.05, 3.63) is 0 Å². The van der Waals surface area contributed by atoms with Gasteiger partial charge < -0.3 is 22.6 Å². The molecule has 4 fully saturated rings. The molecule has 1 saturated carbocycles. The van der Waals surface area contributed by atoms with E-state index in [1.54, 1.807) is 0 Å². The molecule has 16 heavy (non-hydrogen) atoms. The Labute approximate surface area is 97.1 Å². The lowest BCUT2D eigenvalue weighted by molar-refractivity contribution is -0.138. The largest absolute Gasteiger partial charge is 0.336 e. The minimum Gasteiger partial charge on any atom is -0.336 e. The summed E-state index contributed by atoms with van der Waals surface area (Å²) in [5.41, 5.74) is -0.193. The second-order valence-corrected chi connectivity index (χ2v) is 6.86. The van der Waals surface area contributed by atoms with E-state index in [0.717, 1.165) is 32.5 Å². The Hall–Kier alpha value is 0.660. The molecule has 2 spiro atoms. The maximum Gasteiger partial charge on any atom is 0.333 e. The summed E-state index contributed by atoms with van der Waals surface area (Å²) in [6, 6.07) is 0. The normalized spacial score (nSPS) is 57.0. The van der Waals surface area contributed by atoms with Gasteiger partial charge in [-0.1, -0.05) is 0 Å². The summed E-state index contributed by atoms with van der Waals surface area (Å²) in [4.78, 5) is 0. The first-order valence-electron chi connectivity index (χ1n) is 5.61. The lowest BCUT2D eigenvalue weighted by Gasteiger charge is -2.49. The third kappa shape index (κ3) is 1.31. The molecule has 4 rings (SSSR count). The lowest BCUT2D eigenvalue weighted by atomic mass is 9.66. The summed E-state index contributed by atoms with van der Waals surface area (Å²) in [6.07, 6.45) is 3.40. The van der Waals surface area contributed by atoms with Crippen LogP contribution in [0.15, 0.2) is 0 Å². The topological polar surface area (TPSA) is 46.2 Å². The molecule has 0 amide bonds. The maximum absolute atomic E-state index is 5.91. The third-order valence-electron chi connectivity index (χ3n) is 4.01. The Morgan fingerprint density at radius 3 is 2.81 bits per heavy atom. The van der Waals surface area contributed by atoms with Crippen LogP contribution in [0, 0.1) is 5.41 Å². The van der Waals surface area contributed by atoms with E-state index >= 15 is 0 Å². The van der Waals surface area contributed by atoms with Gasteiger partial charge in [-0.2, -0.15) is 0 Å². The van der Waals surface area contributed by atoms with Gasteiger partial charge >= 0.3 is 8.60 Å². The minimum absolute atomic E-state index is 0.00433. The van der Waals surface area contributed by atoms with E-state index in [1.165, 1.54) is 0 Å². The molecule has 3 heterocycles. The molecule has 0 N–H and O–H groups in total. The average molecular weight is 264 g/mol. The molecule has 4 aliphatic rings. The molecule has 3 saturated heterocycles. The highest BCUT2D eigenvalue weighted by Gasteiger charge is 2.66. The van der Waals surface area contributed by atoms with Gasteiger partial charge in [0.15, 0.2) is 9.03 Å². The standard InChI is InChI=1S/C9H14O5P2/c1-2-8(4-10-15-11-5-8)7-9(3-1)6-12-16(13-7)14-9/h7,15H,1-6H2. The zero-order chi connectivity index (χ0) is 10.6. The molecule has 90 valence electrons. The van der Waals surface area contributed by atoms with Crippen LogP contribution in [0.5, 0.6) is 0 Å². The van der Waals surface area contributed by atoms with Crippen LogP contribution < -0.4 is 0 Å². The third-order valence-corrected chi connectivity index (χ3v) is 5.77. The van der Waals surface area contributed by atoms with Gasteiger partial charge in [0.1, 0.15) is 11.7 Å². The van der Waals surface area contributed by atoms with Crippen molar-refractivity contribution in [1.29, 1.82) is 0 Å². The van der Waals surface area contributed by atoms with Crippen LogP contribution in [-0.4, -0.2) is 31.5 Å². The van der Waals surface area contributed by atoms with Gasteiger partial charge in [0, 0.05) is 5.41 Å². The van der Waals surface area contributed by atoms with Crippen molar-refractivity contribution in [1.82, 2.24) is 0 Å². The summed E-state index contributed by atoms with van der Waals surface area (Å²) >= 11 is 0. The van der Waals surface area contributed by atoms with Crippen LogP contribution in [-0.2, 0) is 22.6 Å². The first-order valence-corrected chi connectivity index (χ1v) is 7.52. The zero-order valence-electron chi connectivity index (χ0n) is 8.81. The molecular formula is C9H14O5P2. The van der Waals surface area contributed by atoms with Crippen molar-refractivity contribution in [2.75, 3.05) is 19.8 Å². The molecule has 1 aliphatic carbocycles. The van der Waals surface area contributed by atoms with E-state index in [4.69, 9.17) is 22.6 Å². The lowest BCUT2D eigenvalue weighted by Crippen LogP contribution is -2.59. The maximum atomic E-state index is 5.91. The van der Waals surface area contributed by atoms with Crippen LogP contribution in [0.1, 0.15) is 19.3 Å². The van der Waals surface area contributed by atoms with E-state index in [0.29, 0.717) is 6.61 Å². The number of fused-ring (bicyclic) bond motifs is 2. The Morgan fingerprint density at radius 2 is 2.00 bits per heavy atom. The van der Waals surface area contributed by atoms with Crippen molar-refractivity contribution in [2.24, 2.45) is 5.41 Å². The van der Waals surface area contributed by atoms with Gasteiger partial charge in [-0.05, 0) is 19.3 Å². The summed E-state index contributed by atoms with van der Waals surface area (Å²) < 4.78 is 28.3. The van der Waals surface area contributed by atoms with E-state index in [-0.39, 0.29) is 26.2 Å². The van der Waals surface area contributed by atoms with E-state index in [9.17, 15) is 0 Å². The van der Waals surface area contributed by atoms with Gasteiger partial charge in [-0.25, -0.2) is 0 Å². The highest BCUT2D eigenvalue weighted by molar-refractivity contribution is 7.42. The van der Waals surface area contributed by atoms with Gasteiger partial charge in [0.05, 0.1) is 19.8 Å². The molecule has 7 heteroatoms. The molecule has 2 bridgehead atoms. The fourth-order valence-electron chi connectivity index (χ4n) is 3.24. The SMILES string of the molecule is C1CC2(COPOC2)C2OP3OCC2(C1)O3. The monoisotopic (exact) mass is 264 g/mol. The summed E-state index contributed by atoms with van der Waals surface area (Å²) in [7, 11) is -0.905. The van der Waals surface area contributed by atoms with E-state index in [2.05, 4.69) is 0 Å². The second kappa shape index (κ2) is 3.58. The van der Waals surface area contributed by atoms with Crippen molar-refractivity contribution in [3.8, 4) is 0 Å². The number of hydrogen-bond donors (Lipinski definition) is 0. The van der Waals surface area contributed by atoms with Crippen molar-refractivity contribution < 1.29 is 22.6 Å². The summed E-state index contributed by atoms with van der Waals surface area (Å²) in [5, 5.41) is 0. The first kappa shape index (κ1) is 10.6. The summed E-state index contributed by atoms with van der Waals surface area (Å²) in [5.74, 6) is 0. The van der Waals surface area contributed by atoms with Crippen LogP contribution in [0.25, 0.3) is 0 Å². The molecule has 3 aliphatic heterocycles. The fourth-order valence-corrected chi connectivity index (χ4v) is 5.62. The van der Waals surface area contributed by atoms with Crippen LogP contribution in [0.4, 0.5) is 0 Å². The highest BCUT2D eigenvalue weighted by atomic mass is 31.2. The van der Waals surface area contributed by atoms with E-state index < -0.39 is 8.60 Å². The van der Waals surface area contributed by atoms with Gasteiger partial charge in [0.25, 0.3) is 0 Å². The molecule has 5 nitrogen and oxygen atoms in total. The van der Waals surface area contributed by atoms with E-state index in [1.807, 2.05) is 0 Å². The molecule has 0 aromatic heterocycles. The smallest absolute Gasteiger partial charge is 0.333 e. The van der Waals surface area contributed by atoms with Gasteiger partial charge in [0.2, 0.25) is 0 Å². The van der Waals surface area contributed by atoms with Crippen LogP contribution >= 0.6 is 17.6 Å². The fraction of sp³-hybridized carbons (Fsp3) is 1.00. The van der Waals surface area contributed by atoms with Crippen molar-refractivity contribution in [3.63, 3.8) is 0 Å². The van der Waals surface area contributed by atoms with Crippen molar-refractivity contribution >= 4 is 17.6 Å². The van der Waals surface area contributed by atoms with Crippen molar-refractivity contribution in [2.45, 2.75) is 31.0 Å². The molecule has 0 radical (unpaired) electrons. The van der Waals surface area contributed by atoms with Crippen LogP contribution in [0.2, 0.25) is 0 Å². The quantitative estimate of drug-likeness (QED) is 0.627. The van der Waals surface area contributed by atoms with Gasteiger partial charge in [-0.3, -0.25) is 0 Å². The minimum atomic E-state index is -1.09. The average Bonchev–Trinajstić information content (AvgIpc) is 2.88. The Kier molecular flexibility index (Phi) is 2.37. The summed E-state index contributed by atoms with van der Waals surface area (Å²) in [6.45, 7) is 2.17.